The number of benzene rings is 2. The van der Waals surface area contributed by atoms with Gasteiger partial charge in [0.25, 0.3) is 0 Å². The summed E-state index contributed by atoms with van der Waals surface area (Å²) in [5, 5.41) is 10.8. The summed E-state index contributed by atoms with van der Waals surface area (Å²) < 4.78 is 31.9. The lowest BCUT2D eigenvalue weighted by atomic mass is 10.0. The normalized spacial score (nSPS) is 12.5. The Kier molecular flexibility index (Phi) is 7.55. The van der Waals surface area contributed by atoms with E-state index >= 15 is 0 Å². The van der Waals surface area contributed by atoms with Crippen molar-refractivity contribution in [2.45, 2.75) is 19.1 Å². The predicted octanol–water partition coefficient (Wildman–Crippen LogP) is 3.01. The van der Waals surface area contributed by atoms with Gasteiger partial charge in [-0.25, -0.2) is 4.79 Å². The minimum Gasteiger partial charge on any atom is -0.493 e. The van der Waals surface area contributed by atoms with Crippen molar-refractivity contribution in [2.24, 2.45) is 0 Å². The van der Waals surface area contributed by atoms with Crippen LogP contribution < -0.4 is 23.7 Å². The first-order valence-corrected chi connectivity index (χ1v) is 8.81. The van der Waals surface area contributed by atoms with Crippen LogP contribution in [0.15, 0.2) is 30.3 Å². The number of hydrogen-bond donors (Lipinski definition) is 1. The van der Waals surface area contributed by atoms with E-state index in [1.165, 1.54) is 41.6 Å². The molecule has 0 radical (unpaired) electrons. The van der Waals surface area contributed by atoms with E-state index in [9.17, 15) is 9.90 Å². The molecule has 1 N–H and O–H groups in total. The number of esters is 1. The Hall–Kier alpha value is -3.13. The third-order valence-corrected chi connectivity index (χ3v) is 4.37. The highest BCUT2D eigenvalue weighted by molar-refractivity contribution is 5.90. The van der Waals surface area contributed by atoms with Gasteiger partial charge in [0.1, 0.15) is 12.2 Å². The van der Waals surface area contributed by atoms with E-state index < -0.39 is 18.2 Å². The highest BCUT2D eigenvalue weighted by atomic mass is 16.5. The number of carbonyl (C=O) groups excluding carboxylic acids is 1. The Morgan fingerprint density at radius 2 is 1.41 bits per heavy atom. The zero-order valence-electron chi connectivity index (χ0n) is 17.3. The van der Waals surface area contributed by atoms with E-state index in [0.29, 0.717) is 39.9 Å². The smallest absolute Gasteiger partial charge is 0.337 e. The molecular weight excluding hydrogens is 380 g/mol. The van der Waals surface area contributed by atoms with E-state index in [2.05, 4.69) is 0 Å². The molecule has 2 rings (SSSR count). The van der Waals surface area contributed by atoms with E-state index in [1.807, 2.05) is 0 Å². The van der Waals surface area contributed by atoms with Crippen LogP contribution in [-0.2, 0) is 4.74 Å². The zero-order valence-corrected chi connectivity index (χ0v) is 17.3. The molecule has 0 bridgehead atoms. The summed E-state index contributed by atoms with van der Waals surface area (Å²) in [7, 11) is 7.27. The summed E-state index contributed by atoms with van der Waals surface area (Å²) in [5.41, 5.74) is 0.853. The summed E-state index contributed by atoms with van der Waals surface area (Å²) in [6.45, 7) is 1.71. The lowest BCUT2D eigenvalue weighted by Crippen LogP contribution is -2.22. The molecule has 0 heterocycles. The van der Waals surface area contributed by atoms with Gasteiger partial charge in [-0.2, -0.15) is 0 Å². The zero-order chi connectivity index (χ0) is 21.6. The summed E-state index contributed by atoms with van der Waals surface area (Å²) >= 11 is 0. The highest BCUT2D eigenvalue weighted by Crippen LogP contribution is 2.40. The first kappa shape index (κ1) is 22.2. The topological polar surface area (TPSA) is 92.7 Å². The average molecular weight is 406 g/mol. The first-order chi connectivity index (χ1) is 13.9. The molecule has 0 aliphatic rings. The molecule has 8 heteroatoms. The molecule has 2 atom stereocenters. The lowest BCUT2D eigenvalue weighted by molar-refractivity contribution is 0.0447. The van der Waals surface area contributed by atoms with Crippen LogP contribution in [0.25, 0.3) is 0 Å². The van der Waals surface area contributed by atoms with E-state index in [-0.39, 0.29) is 0 Å². The van der Waals surface area contributed by atoms with Gasteiger partial charge in [-0.1, -0.05) is 0 Å². The van der Waals surface area contributed by atoms with Crippen molar-refractivity contribution in [3.63, 3.8) is 0 Å². The molecule has 0 fully saturated rings. The van der Waals surface area contributed by atoms with Gasteiger partial charge in [0, 0.05) is 0 Å². The van der Waals surface area contributed by atoms with Crippen LogP contribution in [-0.4, -0.2) is 52.7 Å². The van der Waals surface area contributed by atoms with Crippen LogP contribution in [0.5, 0.6) is 28.7 Å². The molecule has 8 nitrogen and oxygen atoms in total. The van der Waals surface area contributed by atoms with Gasteiger partial charge < -0.3 is 33.5 Å². The van der Waals surface area contributed by atoms with Gasteiger partial charge >= 0.3 is 5.97 Å². The van der Waals surface area contributed by atoms with Gasteiger partial charge in [0.05, 0.1) is 41.1 Å². The number of methoxy groups -OCH3 is 5. The molecule has 158 valence electrons. The van der Waals surface area contributed by atoms with Crippen LogP contribution in [0, 0.1) is 0 Å². The molecule has 2 aromatic carbocycles. The predicted molar refractivity (Wildman–Crippen MR) is 105 cm³/mol. The molecule has 0 amide bonds. The molecular formula is C21H26O8. The van der Waals surface area contributed by atoms with Crippen LogP contribution in [0.1, 0.15) is 28.9 Å². The molecule has 0 aliphatic heterocycles. The van der Waals surface area contributed by atoms with Crippen molar-refractivity contribution in [1.82, 2.24) is 0 Å². The fraction of sp³-hybridized carbons (Fsp3) is 0.381. The second-order valence-corrected chi connectivity index (χ2v) is 6.08. The van der Waals surface area contributed by atoms with Crippen molar-refractivity contribution in [3.8, 4) is 28.7 Å². The Bertz CT molecular complexity index is 824. The third-order valence-electron chi connectivity index (χ3n) is 4.37. The number of ether oxygens (including phenoxy) is 6. The van der Waals surface area contributed by atoms with Crippen molar-refractivity contribution in [1.29, 1.82) is 0 Å². The van der Waals surface area contributed by atoms with Crippen LogP contribution in [0.3, 0.4) is 0 Å². The number of hydrogen-bond acceptors (Lipinski definition) is 8. The van der Waals surface area contributed by atoms with E-state index in [1.54, 1.807) is 31.2 Å². The van der Waals surface area contributed by atoms with Gasteiger partial charge in [-0.3, -0.25) is 0 Å². The second-order valence-electron chi connectivity index (χ2n) is 6.08. The SMILES string of the molecule is COC(=O)c1ccc(O[C@H](C)[C@H](O)c2cc(OC)c(OC)c(OC)c2)c(OC)c1. The lowest BCUT2D eigenvalue weighted by Gasteiger charge is -2.23. The maximum atomic E-state index is 11.7. The van der Waals surface area contributed by atoms with Gasteiger partial charge in [-0.05, 0) is 42.8 Å². The molecule has 29 heavy (non-hydrogen) atoms. The van der Waals surface area contributed by atoms with Crippen molar-refractivity contribution < 1.29 is 38.3 Å². The van der Waals surface area contributed by atoms with Crippen molar-refractivity contribution in [3.05, 3.63) is 41.5 Å². The first-order valence-electron chi connectivity index (χ1n) is 8.81. The van der Waals surface area contributed by atoms with Crippen molar-refractivity contribution >= 4 is 5.97 Å². The Morgan fingerprint density at radius 3 is 1.90 bits per heavy atom. The molecule has 0 spiro atoms. The monoisotopic (exact) mass is 406 g/mol. The largest absolute Gasteiger partial charge is 0.493 e. The minimum atomic E-state index is -1.01. The maximum absolute atomic E-state index is 11.7. The second kappa shape index (κ2) is 9.88. The van der Waals surface area contributed by atoms with Gasteiger partial charge in [-0.15, -0.1) is 0 Å². The standard InChI is InChI=1S/C21H26O8/c1-12(29-15-8-7-13(21(23)28-6)9-16(15)24-2)19(22)14-10-17(25-3)20(27-5)18(11-14)26-4/h7-12,19,22H,1-6H3/t12-,19+/m1/s1. The minimum absolute atomic E-state index is 0.328. The van der Waals surface area contributed by atoms with Crippen LogP contribution >= 0.6 is 0 Å². The van der Waals surface area contributed by atoms with Gasteiger partial charge in [0.2, 0.25) is 5.75 Å². The number of rotatable bonds is 9. The molecule has 0 saturated carbocycles. The number of aliphatic hydroxyl groups is 1. The summed E-state index contributed by atoms with van der Waals surface area (Å²) in [4.78, 5) is 11.7. The molecule has 2 aromatic rings. The molecule has 0 unspecified atom stereocenters. The summed E-state index contributed by atoms with van der Waals surface area (Å²) in [6, 6.07) is 7.97. The Balaban J connectivity index is 2.29. The Morgan fingerprint density at radius 1 is 0.828 bits per heavy atom. The van der Waals surface area contributed by atoms with Crippen molar-refractivity contribution in [2.75, 3.05) is 35.5 Å². The molecule has 0 aliphatic carbocycles. The van der Waals surface area contributed by atoms with Crippen LogP contribution in [0.2, 0.25) is 0 Å². The molecule has 0 aromatic heterocycles. The number of carbonyl (C=O) groups is 1. The average Bonchev–Trinajstić information content (AvgIpc) is 2.76. The quantitative estimate of drug-likeness (QED) is 0.636. The number of aliphatic hydroxyl groups excluding tert-OH is 1. The van der Waals surface area contributed by atoms with Gasteiger partial charge in [0.15, 0.2) is 23.0 Å². The fourth-order valence-electron chi connectivity index (χ4n) is 2.82. The summed E-state index contributed by atoms with van der Waals surface area (Å²) in [6.07, 6.45) is -1.66. The molecule has 0 saturated heterocycles. The van der Waals surface area contributed by atoms with Crippen LogP contribution in [0.4, 0.5) is 0 Å². The van der Waals surface area contributed by atoms with E-state index in [0.717, 1.165) is 0 Å². The highest BCUT2D eigenvalue weighted by Gasteiger charge is 2.24. The van der Waals surface area contributed by atoms with E-state index in [4.69, 9.17) is 28.4 Å². The maximum Gasteiger partial charge on any atom is 0.337 e. The third kappa shape index (κ3) is 4.83. The fourth-order valence-corrected chi connectivity index (χ4v) is 2.82. The Labute approximate surface area is 169 Å². The summed E-state index contributed by atoms with van der Waals surface area (Å²) in [5.74, 6) is 1.51.